The van der Waals surface area contributed by atoms with Crippen LogP contribution in [0.2, 0.25) is 0 Å². The maximum atomic E-state index is 11.8. The average molecular weight is 287 g/mol. The van der Waals surface area contributed by atoms with Gasteiger partial charge in [-0.15, -0.1) is 0 Å². The van der Waals surface area contributed by atoms with E-state index in [2.05, 4.69) is 50.4 Å². The van der Waals surface area contributed by atoms with E-state index < -0.39 is 0 Å². The van der Waals surface area contributed by atoms with Gasteiger partial charge in [-0.1, -0.05) is 39.0 Å². The van der Waals surface area contributed by atoms with Gasteiger partial charge in [0, 0.05) is 5.69 Å². The molecule has 0 unspecified atom stereocenters. The fourth-order valence-electron chi connectivity index (χ4n) is 2.64. The average Bonchev–Trinajstić information content (AvgIpc) is 2.46. The lowest BCUT2D eigenvalue weighted by Crippen LogP contribution is -2.29. The first-order valence-electron chi connectivity index (χ1n) is 7.57. The lowest BCUT2D eigenvalue weighted by Gasteiger charge is -2.25. The van der Waals surface area contributed by atoms with Crippen LogP contribution in [0.25, 0.3) is 0 Å². The van der Waals surface area contributed by atoms with Crippen LogP contribution in [-0.2, 0) is 14.9 Å². The van der Waals surface area contributed by atoms with Crippen LogP contribution in [0.15, 0.2) is 35.9 Å². The molecule has 0 fully saturated rings. The standard InChI is InChI=1S/C18H25NO2/c1-18(2,3)13-9-11-14(12-10-13)19-16-8-6-5-7-15(16)17(20)21-4/h7,9-12,16,19H,5-6,8H2,1-4H3/t16-/m0/s1. The normalized spacial score (nSPS) is 18.9. The summed E-state index contributed by atoms with van der Waals surface area (Å²) in [6.45, 7) is 6.61. The highest BCUT2D eigenvalue weighted by atomic mass is 16.5. The van der Waals surface area contributed by atoms with Crippen LogP contribution in [-0.4, -0.2) is 19.1 Å². The molecule has 0 aromatic heterocycles. The predicted molar refractivity (Wildman–Crippen MR) is 86.5 cm³/mol. The molecule has 2 rings (SSSR count). The Balaban J connectivity index is 2.12. The monoisotopic (exact) mass is 287 g/mol. The molecule has 1 aromatic carbocycles. The SMILES string of the molecule is COC(=O)C1=CCCC[C@@H]1Nc1ccc(C(C)(C)C)cc1. The van der Waals surface area contributed by atoms with Crippen LogP contribution < -0.4 is 5.32 Å². The molecular formula is C18H25NO2. The second-order valence-electron chi connectivity index (χ2n) is 6.61. The molecule has 0 aliphatic heterocycles. The van der Waals surface area contributed by atoms with Crippen LogP contribution >= 0.6 is 0 Å². The predicted octanol–water partition coefficient (Wildman–Crippen LogP) is 4.05. The Morgan fingerprint density at radius 3 is 2.48 bits per heavy atom. The molecule has 3 nitrogen and oxygen atoms in total. The lowest BCUT2D eigenvalue weighted by molar-refractivity contribution is -0.136. The van der Waals surface area contributed by atoms with E-state index in [-0.39, 0.29) is 17.4 Å². The van der Waals surface area contributed by atoms with E-state index in [4.69, 9.17) is 4.74 Å². The minimum atomic E-state index is -0.224. The maximum Gasteiger partial charge on any atom is 0.335 e. The first-order chi connectivity index (χ1) is 9.91. The van der Waals surface area contributed by atoms with Gasteiger partial charge in [-0.25, -0.2) is 4.79 Å². The molecule has 0 saturated carbocycles. The van der Waals surface area contributed by atoms with Gasteiger partial charge in [0.1, 0.15) is 0 Å². The van der Waals surface area contributed by atoms with E-state index >= 15 is 0 Å². The number of benzene rings is 1. The van der Waals surface area contributed by atoms with Crippen molar-refractivity contribution >= 4 is 11.7 Å². The van der Waals surface area contributed by atoms with Crippen molar-refractivity contribution in [1.29, 1.82) is 0 Å². The molecule has 0 spiro atoms. The van der Waals surface area contributed by atoms with E-state index in [1.54, 1.807) is 0 Å². The van der Waals surface area contributed by atoms with Crippen LogP contribution in [0.1, 0.15) is 45.6 Å². The van der Waals surface area contributed by atoms with Gasteiger partial charge in [-0.3, -0.25) is 0 Å². The zero-order chi connectivity index (χ0) is 15.5. The van der Waals surface area contributed by atoms with Gasteiger partial charge in [0.2, 0.25) is 0 Å². The Morgan fingerprint density at radius 1 is 1.24 bits per heavy atom. The summed E-state index contributed by atoms with van der Waals surface area (Å²) in [5.74, 6) is -0.224. The van der Waals surface area contributed by atoms with Crippen LogP contribution in [0.3, 0.4) is 0 Å². The van der Waals surface area contributed by atoms with Crippen molar-refractivity contribution in [3.63, 3.8) is 0 Å². The molecule has 21 heavy (non-hydrogen) atoms. The lowest BCUT2D eigenvalue weighted by atomic mass is 9.87. The summed E-state index contributed by atoms with van der Waals surface area (Å²) >= 11 is 0. The number of hydrogen-bond donors (Lipinski definition) is 1. The molecule has 0 heterocycles. The summed E-state index contributed by atoms with van der Waals surface area (Å²) in [7, 11) is 1.44. The number of esters is 1. The Labute approximate surface area is 127 Å². The Morgan fingerprint density at radius 2 is 1.90 bits per heavy atom. The topological polar surface area (TPSA) is 38.3 Å². The van der Waals surface area contributed by atoms with Crippen LogP contribution in [0.5, 0.6) is 0 Å². The highest BCUT2D eigenvalue weighted by Gasteiger charge is 2.24. The first kappa shape index (κ1) is 15.6. The molecular weight excluding hydrogens is 262 g/mol. The number of nitrogens with one attached hydrogen (secondary N) is 1. The Kier molecular flexibility index (Phi) is 4.71. The maximum absolute atomic E-state index is 11.8. The van der Waals surface area contributed by atoms with Crippen molar-refractivity contribution in [2.75, 3.05) is 12.4 Å². The summed E-state index contributed by atoms with van der Waals surface area (Å²) in [5.41, 5.74) is 3.26. The quantitative estimate of drug-likeness (QED) is 0.852. The molecule has 0 bridgehead atoms. The summed E-state index contributed by atoms with van der Waals surface area (Å²) in [6, 6.07) is 8.51. The van der Waals surface area contributed by atoms with E-state index in [0.29, 0.717) is 0 Å². The second kappa shape index (κ2) is 6.33. The molecule has 114 valence electrons. The number of carbonyl (C=O) groups is 1. The number of ether oxygens (including phenoxy) is 1. The van der Waals surface area contributed by atoms with Crippen molar-refractivity contribution in [1.82, 2.24) is 0 Å². The van der Waals surface area contributed by atoms with E-state index in [0.717, 1.165) is 30.5 Å². The molecule has 0 amide bonds. The summed E-state index contributed by atoms with van der Waals surface area (Å²) in [6.07, 6.45) is 5.00. The van der Waals surface area contributed by atoms with Crippen molar-refractivity contribution in [2.24, 2.45) is 0 Å². The fourth-order valence-corrected chi connectivity index (χ4v) is 2.64. The third kappa shape index (κ3) is 3.87. The molecule has 1 atom stereocenters. The van der Waals surface area contributed by atoms with Crippen LogP contribution in [0, 0.1) is 0 Å². The van der Waals surface area contributed by atoms with E-state index in [1.807, 2.05) is 6.08 Å². The van der Waals surface area contributed by atoms with Crippen molar-refractivity contribution < 1.29 is 9.53 Å². The third-order valence-corrected chi connectivity index (χ3v) is 3.95. The van der Waals surface area contributed by atoms with Gasteiger partial charge in [-0.2, -0.15) is 0 Å². The number of anilines is 1. The van der Waals surface area contributed by atoms with Crippen molar-refractivity contribution in [3.05, 3.63) is 41.5 Å². The van der Waals surface area contributed by atoms with Gasteiger partial charge in [-0.05, 0) is 42.4 Å². The number of rotatable bonds is 3. The highest BCUT2D eigenvalue weighted by molar-refractivity contribution is 5.90. The molecule has 3 heteroatoms. The Hall–Kier alpha value is -1.77. The zero-order valence-corrected chi connectivity index (χ0v) is 13.4. The number of carbonyl (C=O) groups excluding carboxylic acids is 1. The number of methoxy groups -OCH3 is 1. The van der Waals surface area contributed by atoms with E-state index in [9.17, 15) is 4.79 Å². The molecule has 1 aromatic rings. The molecule has 1 N–H and O–H groups in total. The minimum Gasteiger partial charge on any atom is -0.466 e. The number of hydrogen-bond acceptors (Lipinski definition) is 3. The third-order valence-electron chi connectivity index (χ3n) is 3.95. The van der Waals surface area contributed by atoms with Crippen LogP contribution in [0.4, 0.5) is 5.69 Å². The summed E-state index contributed by atoms with van der Waals surface area (Å²) in [4.78, 5) is 11.8. The zero-order valence-electron chi connectivity index (χ0n) is 13.4. The Bertz CT molecular complexity index is 523. The molecule has 0 radical (unpaired) electrons. The molecule has 1 aliphatic rings. The molecule has 1 aliphatic carbocycles. The van der Waals surface area contributed by atoms with Gasteiger partial charge in [0.15, 0.2) is 0 Å². The van der Waals surface area contributed by atoms with E-state index in [1.165, 1.54) is 12.7 Å². The number of allylic oxidation sites excluding steroid dienone is 1. The van der Waals surface area contributed by atoms with Gasteiger partial charge < -0.3 is 10.1 Å². The van der Waals surface area contributed by atoms with Crippen molar-refractivity contribution in [3.8, 4) is 0 Å². The minimum absolute atomic E-state index is 0.0479. The van der Waals surface area contributed by atoms with Crippen molar-refractivity contribution in [2.45, 2.75) is 51.5 Å². The fraction of sp³-hybridized carbons (Fsp3) is 0.500. The highest BCUT2D eigenvalue weighted by Crippen LogP contribution is 2.26. The summed E-state index contributed by atoms with van der Waals surface area (Å²) in [5, 5.41) is 3.46. The smallest absolute Gasteiger partial charge is 0.335 e. The van der Waals surface area contributed by atoms with Gasteiger partial charge in [0.05, 0.1) is 18.7 Å². The second-order valence-corrected chi connectivity index (χ2v) is 6.61. The summed E-state index contributed by atoms with van der Waals surface area (Å²) < 4.78 is 4.87. The van der Waals surface area contributed by atoms with Gasteiger partial charge in [0.25, 0.3) is 0 Å². The largest absolute Gasteiger partial charge is 0.466 e. The first-order valence-corrected chi connectivity index (χ1v) is 7.57. The molecule has 0 saturated heterocycles. The van der Waals surface area contributed by atoms with Gasteiger partial charge >= 0.3 is 5.97 Å².